The van der Waals surface area contributed by atoms with Gasteiger partial charge in [-0.05, 0) is 24.0 Å². The summed E-state index contributed by atoms with van der Waals surface area (Å²) >= 11 is 0. The lowest BCUT2D eigenvalue weighted by molar-refractivity contribution is 0.286. The summed E-state index contributed by atoms with van der Waals surface area (Å²) in [6.45, 7) is 7.56. The second kappa shape index (κ2) is 6.21. The fraction of sp³-hybridized carbons (Fsp3) is 0.600. The van der Waals surface area contributed by atoms with Crippen molar-refractivity contribution in [1.82, 2.24) is 5.32 Å². The van der Waals surface area contributed by atoms with Crippen molar-refractivity contribution >= 4 is 5.69 Å². The Morgan fingerprint density at radius 2 is 2.17 bits per heavy atom. The number of hydrogen-bond acceptors (Lipinski definition) is 3. The third-order valence-corrected chi connectivity index (χ3v) is 3.63. The molecule has 1 aromatic rings. The number of nitrogens with one attached hydrogen (secondary N) is 1. The quantitative estimate of drug-likeness (QED) is 0.836. The molecule has 1 aliphatic heterocycles. The minimum atomic E-state index is 0.221. The van der Waals surface area contributed by atoms with E-state index in [2.05, 4.69) is 48.3 Å². The summed E-state index contributed by atoms with van der Waals surface area (Å²) in [5.41, 5.74) is 2.81. The van der Waals surface area contributed by atoms with Crippen molar-refractivity contribution in [3.63, 3.8) is 0 Å². The third-order valence-electron chi connectivity index (χ3n) is 3.63. The predicted octanol–water partition coefficient (Wildman–Crippen LogP) is 1.97. The lowest BCUT2D eigenvalue weighted by Crippen LogP contribution is -2.34. The first-order valence-corrected chi connectivity index (χ1v) is 6.90. The van der Waals surface area contributed by atoms with E-state index < -0.39 is 0 Å². The topological polar surface area (TPSA) is 35.5 Å². The summed E-state index contributed by atoms with van der Waals surface area (Å²) in [4.78, 5) is 2.46. The Balaban J connectivity index is 2.05. The normalized spacial score (nSPS) is 19.8. The monoisotopic (exact) mass is 248 g/mol. The van der Waals surface area contributed by atoms with Crippen molar-refractivity contribution in [3.05, 3.63) is 29.8 Å². The first-order chi connectivity index (χ1) is 8.72. The van der Waals surface area contributed by atoms with Gasteiger partial charge in [-0.1, -0.05) is 32.0 Å². The molecule has 0 saturated carbocycles. The summed E-state index contributed by atoms with van der Waals surface area (Å²) in [5.74, 6) is 0.561. The van der Waals surface area contributed by atoms with Gasteiger partial charge in [-0.2, -0.15) is 0 Å². The summed E-state index contributed by atoms with van der Waals surface area (Å²) in [7, 11) is 0. The Labute approximate surface area is 110 Å². The maximum Gasteiger partial charge on any atom is 0.0556 e. The van der Waals surface area contributed by atoms with Gasteiger partial charge in [0.25, 0.3) is 0 Å². The van der Waals surface area contributed by atoms with Crippen LogP contribution in [0.5, 0.6) is 0 Å². The van der Waals surface area contributed by atoms with Crippen LogP contribution >= 0.6 is 0 Å². The van der Waals surface area contributed by atoms with Gasteiger partial charge in [0.1, 0.15) is 0 Å². The third kappa shape index (κ3) is 3.03. The molecule has 0 radical (unpaired) electrons. The fourth-order valence-corrected chi connectivity index (χ4v) is 2.68. The number of anilines is 1. The van der Waals surface area contributed by atoms with Gasteiger partial charge < -0.3 is 15.3 Å². The Morgan fingerprint density at radius 1 is 1.39 bits per heavy atom. The largest absolute Gasteiger partial charge is 0.395 e. The summed E-state index contributed by atoms with van der Waals surface area (Å²) in [5, 5.41) is 12.2. The van der Waals surface area contributed by atoms with E-state index >= 15 is 0 Å². The predicted molar refractivity (Wildman–Crippen MR) is 76.2 cm³/mol. The van der Waals surface area contributed by atoms with Crippen molar-refractivity contribution in [2.75, 3.05) is 31.1 Å². The van der Waals surface area contributed by atoms with E-state index in [-0.39, 0.29) is 6.61 Å². The maximum absolute atomic E-state index is 8.85. The summed E-state index contributed by atoms with van der Waals surface area (Å²) < 4.78 is 0. The highest BCUT2D eigenvalue weighted by atomic mass is 16.3. The summed E-state index contributed by atoms with van der Waals surface area (Å²) in [6.07, 6.45) is 1.16. The van der Waals surface area contributed by atoms with E-state index in [1.54, 1.807) is 0 Å². The number of nitrogens with zero attached hydrogens (tertiary/aromatic N) is 1. The Kier molecular flexibility index (Phi) is 4.61. The molecule has 3 nitrogen and oxygen atoms in total. The van der Waals surface area contributed by atoms with E-state index in [1.165, 1.54) is 11.3 Å². The van der Waals surface area contributed by atoms with Crippen LogP contribution in [-0.2, 0) is 0 Å². The molecule has 0 aliphatic carbocycles. The zero-order valence-corrected chi connectivity index (χ0v) is 11.4. The molecule has 1 heterocycles. The molecule has 0 bridgehead atoms. The highest BCUT2D eigenvalue weighted by Gasteiger charge is 2.23. The Hall–Kier alpha value is -1.06. The molecule has 2 N–H and O–H groups in total. The minimum absolute atomic E-state index is 0.221. The van der Waals surface area contributed by atoms with Gasteiger partial charge in [-0.25, -0.2) is 0 Å². The second-order valence-electron chi connectivity index (χ2n) is 5.32. The van der Waals surface area contributed by atoms with Crippen molar-refractivity contribution < 1.29 is 5.11 Å². The lowest BCUT2D eigenvalue weighted by atomic mass is 10.0. The number of para-hydroxylation sites is 1. The SMILES string of the molecule is CC(C)c1ccccc1N1CCC(NCCO)C1. The van der Waals surface area contributed by atoms with Crippen LogP contribution in [0.4, 0.5) is 5.69 Å². The van der Waals surface area contributed by atoms with E-state index in [0.717, 1.165) is 19.5 Å². The molecule has 1 fully saturated rings. The number of rotatable bonds is 5. The molecule has 1 unspecified atom stereocenters. The Morgan fingerprint density at radius 3 is 2.89 bits per heavy atom. The van der Waals surface area contributed by atoms with Gasteiger partial charge in [-0.15, -0.1) is 0 Å². The van der Waals surface area contributed by atoms with Gasteiger partial charge in [0.2, 0.25) is 0 Å². The van der Waals surface area contributed by atoms with Crippen molar-refractivity contribution in [2.24, 2.45) is 0 Å². The molecule has 1 aromatic carbocycles. The Bertz CT molecular complexity index is 379. The van der Waals surface area contributed by atoms with Gasteiger partial charge in [0.15, 0.2) is 0 Å². The molecule has 18 heavy (non-hydrogen) atoms. The second-order valence-corrected chi connectivity index (χ2v) is 5.32. The molecular weight excluding hydrogens is 224 g/mol. The van der Waals surface area contributed by atoms with Gasteiger partial charge >= 0.3 is 0 Å². The van der Waals surface area contributed by atoms with E-state index in [0.29, 0.717) is 18.5 Å². The summed E-state index contributed by atoms with van der Waals surface area (Å²) in [6, 6.07) is 9.21. The van der Waals surface area contributed by atoms with Gasteiger partial charge in [0.05, 0.1) is 6.61 Å². The van der Waals surface area contributed by atoms with Crippen LogP contribution < -0.4 is 10.2 Å². The number of hydrogen-bond donors (Lipinski definition) is 2. The first kappa shape index (κ1) is 13.4. The average molecular weight is 248 g/mol. The molecule has 0 spiro atoms. The zero-order chi connectivity index (χ0) is 13.0. The maximum atomic E-state index is 8.85. The van der Waals surface area contributed by atoms with Crippen molar-refractivity contribution in [3.8, 4) is 0 Å². The molecule has 3 heteroatoms. The van der Waals surface area contributed by atoms with Crippen LogP contribution in [0.15, 0.2) is 24.3 Å². The highest BCUT2D eigenvalue weighted by Crippen LogP contribution is 2.29. The molecule has 2 rings (SSSR count). The lowest BCUT2D eigenvalue weighted by Gasteiger charge is -2.23. The molecule has 1 atom stereocenters. The standard InChI is InChI=1S/C15H24N2O/c1-12(2)14-5-3-4-6-15(14)17-9-7-13(11-17)16-8-10-18/h3-6,12-13,16,18H,7-11H2,1-2H3. The minimum Gasteiger partial charge on any atom is -0.395 e. The number of aliphatic hydroxyl groups is 1. The molecule has 0 aromatic heterocycles. The van der Waals surface area contributed by atoms with Crippen LogP contribution in [0.3, 0.4) is 0 Å². The first-order valence-electron chi connectivity index (χ1n) is 6.90. The molecule has 100 valence electrons. The van der Waals surface area contributed by atoms with Crippen LogP contribution in [-0.4, -0.2) is 37.4 Å². The molecular formula is C15H24N2O. The zero-order valence-electron chi connectivity index (χ0n) is 11.4. The molecule has 1 aliphatic rings. The van der Waals surface area contributed by atoms with Crippen LogP contribution in [0.1, 0.15) is 31.7 Å². The molecule has 1 saturated heterocycles. The van der Waals surface area contributed by atoms with E-state index in [9.17, 15) is 0 Å². The van der Waals surface area contributed by atoms with Crippen molar-refractivity contribution in [1.29, 1.82) is 0 Å². The average Bonchev–Trinajstić information content (AvgIpc) is 2.85. The van der Waals surface area contributed by atoms with Gasteiger partial charge in [0, 0.05) is 31.4 Å². The van der Waals surface area contributed by atoms with E-state index in [4.69, 9.17) is 5.11 Å². The number of aliphatic hydroxyl groups excluding tert-OH is 1. The number of benzene rings is 1. The van der Waals surface area contributed by atoms with Crippen LogP contribution in [0, 0.1) is 0 Å². The van der Waals surface area contributed by atoms with E-state index in [1.807, 2.05) is 0 Å². The highest BCUT2D eigenvalue weighted by molar-refractivity contribution is 5.55. The van der Waals surface area contributed by atoms with Crippen molar-refractivity contribution in [2.45, 2.75) is 32.2 Å². The fourth-order valence-electron chi connectivity index (χ4n) is 2.68. The smallest absolute Gasteiger partial charge is 0.0556 e. The van der Waals surface area contributed by atoms with Crippen LogP contribution in [0.25, 0.3) is 0 Å². The van der Waals surface area contributed by atoms with Crippen LogP contribution in [0.2, 0.25) is 0 Å². The van der Waals surface area contributed by atoms with Gasteiger partial charge in [-0.3, -0.25) is 0 Å². The molecule has 0 amide bonds.